The Morgan fingerprint density at radius 1 is 0.340 bits per heavy atom. The average Bonchev–Trinajstić information content (AvgIpc) is 3.67. The third-order valence-corrected chi connectivity index (χ3v) is 10.4. The summed E-state index contributed by atoms with van der Waals surface area (Å²) in [6.45, 7) is 13.8. The summed E-state index contributed by atoms with van der Waals surface area (Å²) >= 11 is 0. The van der Waals surface area contributed by atoms with E-state index in [1.807, 2.05) is 0 Å². The van der Waals surface area contributed by atoms with Gasteiger partial charge < -0.3 is 0 Å². The molecule has 0 atom stereocenters. The van der Waals surface area contributed by atoms with Gasteiger partial charge in [0.25, 0.3) is 0 Å². The van der Waals surface area contributed by atoms with E-state index in [0.717, 1.165) is 26.2 Å². The Morgan fingerprint density at radius 2 is 0.596 bits per heavy atom. The second kappa shape index (κ2) is 29.3. The highest BCUT2D eigenvalue weighted by molar-refractivity contribution is 5.36. The van der Waals surface area contributed by atoms with Crippen molar-refractivity contribution < 1.29 is 9.13 Å². The van der Waals surface area contributed by atoms with Crippen LogP contribution in [0, 0.1) is 0 Å². The molecule has 0 radical (unpaired) electrons. The largest absolute Gasteiger partial charge is 0.373 e. The van der Waals surface area contributed by atoms with Gasteiger partial charge in [-0.15, -0.1) is 0 Å². The lowest BCUT2D eigenvalue weighted by Gasteiger charge is -2.08. The van der Waals surface area contributed by atoms with E-state index in [9.17, 15) is 0 Å². The molecular weight excluding hydrogens is 573 g/mol. The first kappa shape index (κ1) is 41.6. The standard InChI is InChI=1S/C43H82N4/c1-5-9-13-16-18-20-22-24-26-28-32-36-46-39-38-44(34-30-12-8-4)42(46)43-45(35-31-15-11-7-3)40-41-47(43)37-33-29-27-25-23-21-19-17-14-10-6-2/h38-41H,5-37H2,1-4H3/q+2. The maximum absolute atomic E-state index is 2.62. The van der Waals surface area contributed by atoms with Crippen LogP contribution >= 0.6 is 0 Å². The number of aromatic nitrogens is 4. The summed E-state index contributed by atoms with van der Waals surface area (Å²) in [6.07, 6.45) is 49.6. The van der Waals surface area contributed by atoms with E-state index < -0.39 is 0 Å². The Balaban J connectivity index is 2.00. The predicted molar refractivity (Wildman–Crippen MR) is 205 cm³/mol. The molecule has 0 fully saturated rings. The molecule has 4 heteroatoms. The molecule has 0 bridgehead atoms. The third-order valence-electron chi connectivity index (χ3n) is 10.4. The Hall–Kier alpha value is -1.58. The van der Waals surface area contributed by atoms with E-state index in [-0.39, 0.29) is 0 Å². The van der Waals surface area contributed by atoms with E-state index in [4.69, 9.17) is 0 Å². The van der Waals surface area contributed by atoms with Gasteiger partial charge in [0.1, 0.15) is 24.8 Å². The summed E-state index contributed by atoms with van der Waals surface area (Å²) in [7, 11) is 0. The van der Waals surface area contributed by atoms with Crippen molar-refractivity contribution in [2.24, 2.45) is 0 Å². The van der Waals surface area contributed by atoms with Crippen LogP contribution in [0.25, 0.3) is 11.6 Å². The highest BCUT2D eigenvalue weighted by Gasteiger charge is 2.32. The molecule has 2 rings (SSSR count). The van der Waals surface area contributed by atoms with Crippen molar-refractivity contribution in [1.82, 2.24) is 9.13 Å². The minimum atomic E-state index is 1.13. The molecule has 2 aromatic rings. The van der Waals surface area contributed by atoms with Crippen molar-refractivity contribution in [2.45, 2.75) is 240 Å². The smallest absolute Gasteiger partial charge is 0.223 e. The summed E-state index contributed by atoms with van der Waals surface area (Å²) < 4.78 is 10.4. The second-order valence-corrected chi connectivity index (χ2v) is 14.9. The number of imidazole rings is 2. The van der Waals surface area contributed by atoms with Gasteiger partial charge in [-0.3, -0.25) is 0 Å². The van der Waals surface area contributed by atoms with Crippen molar-refractivity contribution in [3.05, 3.63) is 24.8 Å². The topological polar surface area (TPSA) is 17.6 Å². The lowest BCUT2D eigenvalue weighted by molar-refractivity contribution is -0.715. The molecule has 0 amide bonds. The number of hydrogen-bond acceptors (Lipinski definition) is 0. The van der Waals surface area contributed by atoms with Crippen LogP contribution in [-0.4, -0.2) is 9.13 Å². The first-order valence-electron chi connectivity index (χ1n) is 21.4. The number of rotatable bonds is 34. The number of hydrogen-bond donors (Lipinski definition) is 0. The lowest BCUT2D eigenvalue weighted by atomic mass is 10.1. The summed E-state index contributed by atoms with van der Waals surface area (Å²) in [5, 5.41) is 0. The van der Waals surface area contributed by atoms with E-state index in [1.165, 1.54) is 198 Å². The number of aryl methyl sites for hydroxylation is 4. The van der Waals surface area contributed by atoms with Gasteiger partial charge in [0, 0.05) is 0 Å². The molecule has 272 valence electrons. The fraction of sp³-hybridized carbons (Fsp3) is 0.860. The Bertz CT molecular complexity index is 957. The molecule has 4 nitrogen and oxygen atoms in total. The zero-order chi connectivity index (χ0) is 33.6. The van der Waals surface area contributed by atoms with Crippen molar-refractivity contribution in [1.29, 1.82) is 0 Å². The van der Waals surface area contributed by atoms with Gasteiger partial charge >= 0.3 is 11.6 Å². The normalized spacial score (nSPS) is 11.7. The number of unbranched alkanes of at least 4 members (excludes halogenated alkanes) is 25. The van der Waals surface area contributed by atoms with Crippen LogP contribution in [0.15, 0.2) is 24.8 Å². The zero-order valence-electron chi connectivity index (χ0n) is 32.4. The second-order valence-electron chi connectivity index (χ2n) is 14.9. The molecular formula is C43H82N4+2. The molecule has 0 aliphatic heterocycles. The van der Waals surface area contributed by atoms with Gasteiger partial charge in [-0.25, -0.2) is 18.3 Å². The van der Waals surface area contributed by atoms with E-state index in [2.05, 4.69) is 70.8 Å². The van der Waals surface area contributed by atoms with E-state index >= 15 is 0 Å². The van der Waals surface area contributed by atoms with Crippen LogP contribution in [0.1, 0.15) is 214 Å². The lowest BCUT2D eigenvalue weighted by Crippen LogP contribution is -2.43. The van der Waals surface area contributed by atoms with Crippen LogP contribution in [0.4, 0.5) is 0 Å². The summed E-state index contributed by atoms with van der Waals surface area (Å²) in [6, 6.07) is 0. The van der Waals surface area contributed by atoms with E-state index in [0.29, 0.717) is 0 Å². The van der Waals surface area contributed by atoms with E-state index in [1.54, 1.807) is 0 Å². The van der Waals surface area contributed by atoms with Crippen molar-refractivity contribution >= 4 is 0 Å². The van der Waals surface area contributed by atoms with Crippen LogP contribution < -0.4 is 9.13 Å². The number of nitrogens with zero attached hydrogens (tertiary/aromatic N) is 4. The molecule has 2 heterocycles. The van der Waals surface area contributed by atoms with Crippen molar-refractivity contribution in [3.8, 4) is 11.6 Å². The minimum absolute atomic E-state index is 1.13. The highest BCUT2D eigenvalue weighted by Crippen LogP contribution is 2.19. The fourth-order valence-electron chi connectivity index (χ4n) is 7.30. The first-order chi connectivity index (χ1) is 23.3. The van der Waals surface area contributed by atoms with Gasteiger partial charge in [-0.2, -0.15) is 0 Å². The summed E-state index contributed by atoms with van der Waals surface area (Å²) in [5.74, 6) is 2.91. The Labute approximate surface area is 294 Å². The van der Waals surface area contributed by atoms with Crippen molar-refractivity contribution in [2.75, 3.05) is 0 Å². The maximum atomic E-state index is 2.62. The van der Waals surface area contributed by atoms with Gasteiger partial charge in [0.15, 0.2) is 0 Å². The molecule has 0 aliphatic rings. The molecule has 0 aliphatic carbocycles. The first-order valence-corrected chi connectivity index (χ1v) is 21.4. The van der Waals surface area contributed by atoms with Gasteiger partial charge in [-0.05, 0) is 51.4 Å². The van der Waals surface area contributed by atoms with Crippen LogP contribution in [0.2, 0.25) is 0 Å². The maximum Gasteiger partial charge on any atom is 0.373 e. The molecule has 0 saturated heterocycles. The molecule has 2 aromatic heterocycles. The highest BCUT2D eigenvalue weighted by atomic mass is 15.2. The van der Waals surface area contributed by atoms with Crippen molar-refractivity contribution in [3.63, 3.8) is 0 Å². The van der Waals surface area contributed by atoms with Gasteiger partial charge in [0.2, 0.25) is 0 Å². The molecule has 0 N–H and O–H groups in total. The molecule has 0 aromatic carbocycles. The van der Waals surface area contributed by atoms with Crippen LogP contribution in [0.5, 0.6) is 0 Å². The predicted octanol–water partition coefficient (Wildman–Crippen LogP) is 12.9. The minimum Gasteiger partial charge on any atom is -0.223 e. The zero-order valence-corrected chi connectivity index (χ0v) is 32.4. The monoisotopic (exact) mass is 655 g/mol. The summed E-state index contributed by atoms with van der Waals surface area (Å²) in [4.78, 5) is 0. The Morgan fingerprint density at radius 3 is 0.957 bits per heavy atom. The molecule has 0 spiro atoms. The Kier molecular flexibility index (Phi) is 26.0. The quantitative estimate of drug-likeness (QED) is 0.0528. The summed E-state index contributed by atoms with van der Waals surface area (Å²) in [5.41, 5.74) is 0. The fourth-order valence-corrected chi connectivity index (χ4v) is 7.30. The van der Waals surface area contributed by atoms with Crippen LogP contribution in [0.3, 0.4) is 0 Å². The SMILES string of the molecule is CCCCCCCCCCCCCn1cc[n+](CCCCC)c1-c1n(CCCCCC)cc[n+]1CCCCCCCCCCCCC. The molecule has 47 heavy (non-hydrogen) atoms. The molecule has 0 unspecified atom stereocenters. The molecule has 0 saturated carbocycles. The van der Waals surface area contributed by atoms with Gasteiger partial charge in [-0.1, -0.05) is 163 Å². The van der Waals surface area contributed by atoms with Gasteiger partial charge in [0.05, 0.1) is 26.2 Å². The van der Waals surface area contributed by atoms with Crippen LogP contribution in [-0.2, 0) is 26.2 Å². The third kappa shape index (κ3) is 18.7. The average molecular weight is 655 g/mol.